The Balaban J connectivity index is 1.34. The van der Waals surface area contributed by atoms with Crippen LogP contribution in [0.1, 0.15) is 24.6 Å². The highest BCUT2D eigenvalue weighted by Gasteiger charge is 2.32. The van der Waals surface area contributed by atoms with E-state index in [0.29, 0.717) is 12.6 Å². The van der Waals surface area contributed by atoms with Crippen molar-refractivity contribution in [1.82, 2.24) is 4.57 Å². The summed E-state index contributed by atoms with van der Waals surface area (Å²) in [5.74, 6) is 1.59. The minimum atomic E-state index is 0.0489. The van der Waals surface area contributed by atoms with Crippen LogP contribution >= 0.6 is 0 Å². The Morgan fingerprint density at radius 3 is 2.54 bits per heavy atom. The molecule has 5 nitrogen and oxygen atoms in total. The lowest BCUT2D eigenvalue weighted by Crippen LogP contribution is -3.11. The highest BCUT2D eigenvalue weighted by molar-refractivity contribution is 5.91. The fourth-order valence-corrected chi connectivity index (χ4v) is 3.96. The van der Waals surface area contributed by atoms with Crippen molar-refractivity contribution >= 4 is 11.6 Å². The minimum Gasteiger partial charge on any atom is -0.457 e. The first-order valence-electron chi connectivity index (χ1n) is 9.78. The summed E-state index contributed by atoms with van der Waals surface area (Å²) in [6, 6.07) is 21.8. The Morgan fingerprint density at radius 1 is 1.07 bits per heavy atom. The number of rotatable bonds is 6. The van der Waals surface area contributed by atoms with Crippen molar-refractivity contribution < 1.29 is 14.4 Å². The maximum Gasteiger partial charge on any atom is 0.279 e. The van der Waals surface area contributed by atoms with E-state index in [9.17, 15) is 4.79 Å². The van der Waals surface area contributed by atoms with Crippen LogP contribution in [0, 0.1) is 0 Å². The topological polar surface area (TPSA) is 47.7 Å². The minimum absolute atomic E-state index is 0.0489. The molecule has 3 aromatic rings. The molecule has 0 saturated carbocycles. The number of hydrogen-bond donors (Lipinski definition) is 2. The van der Waals surface area contributed by atoms with Crippen LogP contribution in [0.3, 0.4) is 0 Å². The largest absolute Gasteiger partial charge is 0.457 e. The first-order chi connectivity index (χ1) is 13.7. The van der Waals surface area contributed by atoms with Gasteiger partial charge < -0.3 is 19.5 Å². The molecule has 4 rings (SSSR count). The number of likely N-dealkylation sites (tertiary alicyclic amines) is 1. The predicted molar refractivity (Wildman–Crippen MR) is 110 cm³/mol. The van der Waals surface area contributed by atoms with Gasteiger partial charge in [-0.25, -0.2) is 0 Å². The zero-order valence-corrected chi connectivity index (χ0v) is 16.1. The van der Waals surface area contributed by atoms with E-state index in [-0.39, 0.29) is 5.91 Å². The molecular weight excluding hydrogens is 350 g/mol. The quantitative estimate of drug-likeness (QED) is 0.694. The number of benzene rings is 2. The van der Waals surface area contributed by atoms with Crippen molar-refractivity contribution in [2.75, 3.05) is 18.4 Å². The van der Waals surface area contributed by atoms with Gasteiger partial charge in [-0.05, 0) is 48.5 Å². The monoisotopic (exact) mass is 376 g/mol. The van der Waals surface area contributed by atoms with Gasteiger partial charge in [0, 0.05) is 31.8 Å². The van der Waals surface area contributed by atoms with Gasteiger partial charge in [-0.1, -0.05) is 18.2 Å². The van der Waals surface area contributed by atoms with Gasteiger partial charge in [0.2, 0.25) is 0 Å². The first-order valence-corrected chi connectivity index (χ1v) is 9.78. The summed E-state index contributed by atoms with van der Waals surface area (Å²) in [6.45, 7) is 1.52. The molecule has 144 valence electrons. The number of para-hydroxylation sites is 1. The van der Waals surface area contributed by atoms with Crippen LogP contribution < -0.4 is 15.0 Å². The molecule has 0 radical (unpaired) electrons. The number of nitrogens with one attached hydrogen (secondary N) is 2. The Hall–Kier alpha value is -3.05. The summed E-state index contributed by atoms with van der Waals surface area (Å²) < 4.78 is 7.96. The third-order valence-electron chi connectivity index (χ3n) is 5.33. The van der Waals surface area contributed by atoms with Gasteiger partial charge in [0.15, 0.2) is 6.54 Å². The molecule has 28 heavy (non-hydrogen) atoms. The van der Waals surface area contributed by atoms with Crippen molar-refractivity contribution in [2.24, 2.45) is 7.05 Å². The van der Waals surface area contributed by atoms with Crippen molar-refractivity contribution in [3.63, 3.8) is 0 Å². The lowest BCUT2D eigenvalue weighted by atomic mass is 10.1. The number of quaternary nitrogens is 1. The zero-order chi connectivity index (χ0) is 19.3. The number of hydrogen-bond acceptors (Lipinski definition) is 2. The first kappa shape index (κ1) is 18.3. The molecule has 1 saturated heterocycles. The number of aromatic nitrogens is 1. The van der Waals surface area contributed by atoms with E-state index in [1.54, 1.807) is 0 Å². The molecule has 2 aromatic carbocycles. The van der Waals surface area contributed by atoms with Gasteiger partial charge in [0.05, 0.1) is 12.2 Å². The summed E-state index contributed by atoms with van der Waals surface area (Å²) in [7, 11) is 2.07. The van der Waals surface area contributed by atoms with Gasteiger partial charge in [0.25, 0.3) is 5.91 Å². The molecule has 1 unspecified atom stereocenters. The molecular formula is C23H26N3O2+. The Morgan fingerprint density at radius 2 is 1.82 bits per heavy atom. The fraction of sp³-hybridized carbons (Fsp3) is 0.261. The van der Waals surface area contributed by atoms with Crippen molar-refractivity contribution in [2.45, 2.75) is 18.9 Å². The van der Waals surface area contributed by atoms with Crippen LogP contribution in [0.4, 0.5) is 5.69 Å². The van der Waals surface area contributed by atoms with Crippen LogP contribution in [-0.2, 0) is 11.8 Å². The normalized spacial score (nSPS) is 18.8. The SMILES string of the molecule is Cn1cccc1[C@H]1CCC[NH+]1CC(=O)Nc1ccc(Oc2ccccc2)cc1. The smallest absolute Gasteiger partial charge is 0.279 e. The summed E-state index contributed by atoms with van der Waals surface area (Å²) in [5.41, 5.74) is 2.10. The van der Waals surface area contributed by atoms with Gasteiger partial charge in [-0.3, -0.25) is 4.79 Å². The average Bonchev–Trinajstić information content (AvgIpc) is 3.32. The van der Waals surface area contributed by atoms with E-state index < -0.39 is 0 Å². The second kappa shape index (κ2) is 8.31. The van der Waals surface area contributed by atoms with Gasteiger partial charge in [0.1, 0.15) is 17.5 Å². The summed E-state index contributed by atoms with van der Waals surface area (Å²) in [6.07, 6.45) is 4.36. The van der Waals surface area contributed by atoms with Crippen LogP contribution in [0.25, 0.3) is 0 Å². The van der Waals surface area contributed by atoms with Crippen molar-refractivity contribution in [3.8, 4) is 11.5 Å². The molecule has 1 aromatic heterocycles. The lowest BCUT2D eigenvalue weighted by molar-refractivity contribution is -0.910. The molecule has 2 atom stereocenters. The van der Waals surface area contributed by atoms with Crippen molar-refractivity contribution in [3.05, 3.63) is 78.6 Å². The van der Waals surface area contributed by atoms with Crippen LogP contribution in [0.2, 0.25) is 0 Å². The third-order valence-corrected chi connectivity index (χ3v) is 5.33. The van der Waals surface area contributed by atoms with Crippen LogP contribution in [-0.4, -0.2) is 23.6 Å². The standard InChI is InChI=1S/C23H25N3O2/c1-25-15-5-9-21(25)22-10-6-16-26(22)17-23(27)24-18-11-13-20(14-12-18)28-19-7-3-2-4-8-19/h2-5,7-9,11-15,22H,6,10,16-17H2,1H3,(H,24,27)/p+1/t22-/m1/s1. The molecule has 2 N–H and O–H groups in total. The Labute approximate surface area is 165 Å². The van der Waals surface area contributed by atoms with E-state index >= 15 is 0 Å². The Bertz CT molecular complexity index is 919. The summed E-state index contributed by atoms with van der Waals surface area (Å²) in [5, 5.41) is 3.02. The average molecular weight is 376 g/mol. The van der Waals surface area contributed by atoms with Gasteiger partial charge in [-0.15, -0.1) is 0 Å². The number of carbonyl (C=O) groups is 1. The number of amides is 1. The van der Waals surface area contributed by atoms with E-state index in [0.717, 1.165) is 36.6 Å². The number of nitrogens with zero attached hydrogens (tertiary/aromatic N) is 1. The maximum absolute atomic E-state index is 12.6. The fourth-order valence-electron chi connectivity index (χ4n) is 3.96. The third kappa shape index (κ3) is 4.26. The summed E-state index contributed by atoms with van der Waals surface area (Å²) in [4.78, 5) is 13.9. The molecule has 0 bridgehead atoms. The molecule has 1 aliphatic rings. The number of aryl methyl sites for hydroxylation is 1. The van der Waals surface area contributed by atoms with E-state index in [1.165, 1.54) is 10.6 Å². The highest BCUT2D eigenvalue weighted by Crippen LogP contribution is 2.23. The van der Waals surface area contributed by atoms with Gasteiger partial charge in [-0.2, -0.15) is 0 Å². The number of carbonyl (C=O) groups excluding carboxylic acids is 1. The van der Waals surface area contributed by atoms with Crippen LogP contribution in [0.15, 0.2) is 72.9 Å². The van der Waals surface area contributed by atoms with Crippen LogP contribution in [0.5, 0.6) is 11.5 Å². The van der Waals surface area contributed by atoms with E-state index in [4.69, 9.17) is 4.74 Å². The molecule has 5 heteroatoms. The van der Waals surface area contributed by atoms with E-state index in [2.05, 4.69) is 35.3 Å². The molecule has 1 aliphatic heterocycles. The molecule has 0 spiro atoms. The molecule has 2 heterocycles. The zero-order valence-electron chi connectivity index (χ0n) is 16.1. The molecule has 1 fully saturated rings. The molecule has 0 aliphatic carbocycles. The second-order valence-electron chi connectivity index (χ2n) is 7.31. The van der Waals surface area contributed by atoms with Gasteiger partial charge >= 0.3 is 0 Å². The predicted octanol–water partition coefficient (Wildman–Crippen LogP) is 3.18. The highest BCUT2D eigenvalue weighted by atomic mass is 16.5. The van der Waals surface area contributed by atoms with E-state index in [1.807, 2.05) is 54.6 Å². The second-order valence-corrected chi connectivity index (χ2v) is 7.31. The summed E-state index contributed by atoms with van der Waals surface area (Å²) >= 11 is 0. The maximum atomic E-state index is 12.6. The molecule has 1 amide bonds. The number of anilines is 1. The Kier molecular flexibility index (Phi) is 5.44. The number of ether oxygens (including phenoxy) is 1. The van der Waals surface area contributed by atoms with Crippen molar-refractivity contribution in [1.29, 1.82) is 0 Å². The lowest BCUT2D eigenvalue weighted by Gasteiger charge is -2.21.